The van der Waals surface area contributed by atoms with Crippen LogP contribution in [-0.4, -0.2) is 19.3 Å². The smallest absolute Gasteiger partial charge is 0.416 e. The Labute approximate surface area is 110 Å². The van der Waals surface area contributed by atoms with Crippen LogP contribution in [0.15, 0.2) is 18.2 Å². The van der Waals surface area contributed by atoms with Crippen LogP contribution in [0, 0.1) is 0 Å². The van der Waals surface area contributed by atoms with Gasteiger partial charge < -0.3 is 9.47 Å². The Kier molecular flexibility index (Phi) is 4.34. The fourth-order valence-electron chi connectivity index (χ4n) is 1.86. The second-order valence-corrected chi connectivity index (χ2v) is 4.66. The Morgan fingerprint density at radius 3 is 2.68 bits per heavy atom. The molecule has 19 heavy (non-hydrogen) atoms. The molecule has 0 saturated carbocycles. The molecule has 0 amide bonds. The van der Waals surface area contributed by atoms with E-state index in [1.165, 1.54) is 12.1 Å². The summed E-state index contributed by atoms with van der Waals surface area (Å²) in [5, 5.41) is 0. The molecule has 0 radical (unpaired) electrons. The van der Waals surface area contributed by atoms with Gasteiger partial charge in [-0.15, -0.1) is 0 Å². The first-order chi connectivity index (χ1) is 9.00. The maximum atomic E-state index is 12.7. The van der Waals surface area contributed by atoms with E-state index in [0.29, 0.717) is 30.9 Å². The van der Waals surface area contributed by atoms with E-state index >= 15 is 0 Å². The summed E-state index contributed by atoms with van der Waals surface area (Å²) >= 11 is 0. The normalized spacial score (nSPS) is 18.4. The molecule has 0 aliphatic carbocycles. The van der Waals surface area contributed by atoms with Crippen molar-refractivity contribution in [1.29, 1.82) is 0 Å². The standard InChI is InChI=1S/C14H17F3O2/c1-2-7-18-13-6-4-11(14(15,16)17)8-10(13)3-5-12-9-19-12/h4,6,8,12H,2-3,5,7,9H2,1H3. The number of alkyl halides is 3. The second-order valence-electron chi connectivity index (χ2n) is 4.66. The Hall–Kier alpha value is -1.23. The molecule has 1 saturated heterocycles. The highest BCUT2D eigenvalue weighted by Crippen LogP contribution is 2.33. The highest BCUT2D eigenvalue weighted by molar-refractivity contribution is 5.38. The maximum absolute atomic E-state index is 12.7. The van der Waals surface area contributed by atoms with Crippen LogP contribution in [0.5, 0.6) is 5.75 Å². The van der Waals surface area contributed by atoms with Crippen molar-refractivity contribution < 1.29 is 22.6 Å². The SMILES string of the molecule is CCCOc1ccc(C(F)(F)F)cc1CCC1CO1. The van der Waals surface area contributed by atoms with Gasteiger partial charge in [-0.1, -0.05) is 6.92 Å². The van der Waals surface area contributed by atoms with Crippen LogP contribution >= 0.6 is 0 Å². The Morgan fingerprint density at radius 2 is 2.11 bits per heavy atom. The van der Waals surface area contributed by atoms with Crippen molar-refractivity contribution in [3.05, 3.63) is 29.3 Å². The molecule has 1 aliphatic rings. The van der Waals surface area contributed by atoms with Gasteiger partial charge in [-0.2, -0.15) is 13.2 Å². The lowest BCUT2D eigenvalue weighted by Crippen LogP contribution is -2.07. The molecule has 1 atom stereocenters. The molecular weight excluding hydrogens is 257 g/mol. The first-order valence-corrected chi connectivity index (χ1v) is 6.45. The quantitative estimate of drug-likeness (QED) is 0.735. The molecule has 2 nitrogen and oxygen atoms in total. The van der Waals surface area contributed by atoms with E-state index in [1.54, 1.807) is 0 Å². The minimum atomic E-state index is -4.31. The summed E-state index contributed by atoms with van der Waals surface area (Å²) in [6.07, 6.45) is -1.99. The number of hydrogen-bond acceptors (Lipinski definition) is 2. The van der Waals surface area contributed by atoms with Gasteiger partial charge in [-0.05, 0) is 43.0 Å². The lowest BCUT2D eigenvalue weighted by molar-refractivity contribution is -0.137. The number of ether oxygens (including phenoxy) is 2. The number of aryl methyl sites for hydroxylation is 1. The third-order valence-electron chi connectivity index (χ3n) is 2.99. The van der Waals surface area contributed by atoms with Crippen molar-refractivity contribution in [2.45, 2.75) is 38.5 Å². The topological polar surface area (TPSA) is 21.8 Å². The summed E-state index contributed by atoms with van der Waals surface area (Å²) < 4.78 is 48.7. The van der Waals surface area contributed by atoms with E-state index in [0.717, 1.165) is 18.9 Å². The van der Waals surface area contributed by atoms with Crippen molar-refractivity contribution in [1.82, 2.24) is 0 Å². The van der Waals surface area contributed by atoms with Gasteiger partial charge in [0.25, 0.3) is 0 Å². The summed E-state index contributed by atoms with van der Waals surface area (Å²) in [6, 6.07) is 3.68. The summed E-state index contributed by atoms with van der Waals surface area (Å²) in [4.78, 5) is 0. The van der Waals surface area contributed by atoms with E-state index in [2.05, 4.69) is 0 Å². The van der Waals surface area contributed by atoms with E-state index in [-0.39, 0.29) is 6.10 Å². The molecular formula is C14H17F3O2. The monoisotopic (exact) mass is 274 g/mol. The van der Waals surface area contributed by atoms with Gasteiger partial charge in [0.2, 0.25) is 0 Å². The van der Waals surface area contributed by atoms with Gasteiger partial charge in [-0.3, -0.25) is 0 Å². The molecule has 1 aromatic rings. The lowest BCUT2D eigenvalue weighted by atomic mass is 10.0. The van der Waals surface area contributed by atoms with Crippen LogP contribution in [0.25, 0.3) is 0 Å². The fraction of sp³-hybridized carbons (Fsp3) is 0.571. The second kappa shape index (κ2) is 5.82. The summed E-state index contributed by atoms with van der Waals surface area (Å²) in [5.74, 6) is 0.551. The predicted molar refractivity (Wildman–Crippen MR) is 65.3 cm³/mol. The highest BCUT2D eigenvalue weighted by Gasteiger charge is 2.31. The largest absolute Gasteiger partial charge is 0.493 e. The number of rotatable bonds is 6. The van der Waals surface area contributed by atoms with Crippen molar-refractivity contribution >= 4 is 0 Å². The molecule has 106 valence electrons. The fourth-order valence-corrected chi connectivity index (χ4v) is 1.86. The number of epoxide rings is 1. The van der Waals surface area contributed by atoms with Crippen LogP contribution in [0.2, 0.25) is 0 Å². The zero-order chi connectivity index (χ0) is 13.9. The molecule has 1 aliphatic heterocycles. The van der Waals surface area contributed by atoms with E-state index < -0.39 is 11.7 Å². The average molecular weight is 274 g/mol. The Bertz CT molecular complexity index is 425. The minimum Gasteiger partial charge on any atom is -0.493 e. The lowest BCUT2D eigenvalue weighted by Gasteiger charge is -2.14. The molecule has 1 aromatic carbocycles. The van der Waals surface area contributed by atoms with Crippen molar-refractivity contribution in [3.63, 3.8) is 0 Å². The third kappa shape index (κ3) is 4.13. The van der Waals surface area contributed by atoms with Crippen molar-refractivity contribution in [2.75, 3.05) is 13.2 Å². The van der Waals surface area contributed by atoms with E-state index in [4.69, 9.17) is 9.47 Å². The van der Waals surface area contributed by atoms with E-state index in [9.17, 15) is 13.2 Å². The Morgan fingerprint density at radius 1 is 1.37 bits per heavy atom. The van der Waals surface area contributed by atoms with Crippen LogP contribution < -0.4 is 4.74 Å². The molecule has 1 fully saturated rings. The Balaban J connectivity index is 2.15. The van der Waals surface area contributed by atoms with Crippen LogP contribution in [0.1, 0.15) is 30.9 Å². The number of hydrogen-bond donors (Lipinski definition) is 0. The maximum Gasteiger partial charge on any atom is 0.416 e. The van der Waals surface area contributed by atoms with Gasteiger partial charge in [-0.25, -0.2) is 0 Å². The zero-order valence-corrected chi connectivity index (χ0v) is 10.8. The zero-order valence-electron chi connectivity index (χ0n) is 10.8. The van der Waals surface area contributed by atoms with Crippen LogP contribution in [0.3, 0.4) is 0 Å². The van der Waals surface area contributed by atoms with Gasteiger partial charge in [0, 0.05) is 0 Å². The van der Waals surface area contributed by atoms with Gasteiger partial charge in [0.05, 0.1) is 24.9 Å². The molecule has 1 heterocycles. The number of halogens is 3. The third-order valence-corrected chi connectivity index (χ3v) is 2.99. The van der Waals surface area contributed by atoms with Crippen molar-refractivity contribution in [2.24, 2.45) is 0 Å². The molecule has 0 aromatic heterocycles. The molecule has 0 spiro atoms. The first-order valence-electron chi connectivity index (χ1n) is 6.45. The highest BCUT2D eigenvalue weighted by atomic mass is 19.4. The van der Waals surface area contributed by atoms with Gasteiger partial charge in [0.15, 0.2) is 0 Å². The first kappa shape index (κ1) is 14.2. The van der Waals surface area contributed by atoms with Crippen LogP contribution in [-0.2, 0) is 17.3 Å². The minimum absolute atomic E-state index is 0.202. The molecule has 1 unspecified atom stereocenters. The predicted octanol–water partition coefficient (Wildman–Crippen LogP) is 3.83. The summed E-state index contributed by atoms with van der Waals surface area (Å²) in [6.45, 7) is 3.18. The van der Waals surface area contributed by atoms with Gasteiger partial charge >= 0.3 is 6.18 Å². The molecule has 0 N–H and O–H groups in total. The van der Waals surface area contributed by atoms with E-state index in [1.807, 2.05) is 6.92 Å². The molecule has 0 bridgehead atoms. The van der Waals surface area contributed by atoms with Crippen LogP contribution in [0.4, 0.5) is 13.2 Å². The average Bonchev–Trinajstić information content (AvgIpc) is 3.17. The number of benzene rings is 1. The van der Waals surface area contributed by atoms with Gasteiger partial charge in [0.1, 0.15) is 5.75 Å². The summed E-state index contributed by atoms with van der Waals surface area (Å²) in [7, 11) is 0. The summed E-state index contributed by atoms with van der Waals surface area (Å²) in [5.41, 5.74) is -0.0122. The van der Waals surface area contributed by atoms with Crippen molar-refractivity contribution in [3.8, 4) is 5.75 Å². The molecule has 2 rings (SSSR count). The molecule has 5 heteroatoms.